The lowest BCUT2D eigenvalue weighted by molar-refractivity contribution is 0.193. The third kappa shape index (κ3) is 3.84. The number of hydrogen-bond acceptors (Lipinski definition) is 4. The minimum absolute atomic E-state index is 0.171. The number of hydrogen-bond donors (Lipinski definition) is 0. The van der Waals surface area contributed by atoms with E-state index in [-0.39, 0.29) is 24.2 Å². The number of ether oxygens (including phenoxy) is 2. The summed E-state index contributed by atoms with van der Waals surface area (Å²) in [5.74, 6) is -0.116. The Hall–Kier alpha value is -4.02. The van der Waals surface area contributed by atoms with Gasteiger partial charge < -0.3 is 13.9 Å². The number of nitrogens with zero attached hydrogens (tertiary/aromatic N) is 3. The van der Waals surface area contributed by atoms with Crippen molar-refractivity contribution in [3.8, 4) is 11.8 Å². The molecule has 6 rings (SSSR count). The van der Waals surface area contributed by atoms with Crippen LogP contribution in [-0.4, -0.2) is 22.6 Å². The topological polar surface area (TPSA) is 59.5 Å². The highest BCUT2D eigenvalue weighted by atomic mass is 19.1. The Morgan fingerprint density at radius 2 is 1.94 bits per heavy atom. The van der Waals surface area contributed by atoms with Gasteiger partial charge in [0, 0.05) is 54.0 Å². The van der Waals surface area contributed by atoms with Crippen molar-refractivity contribution in [2.75, 3.05) is 13.2 Å². The SMILES string of the molecule is C/C(C#N)=C1/c2ccc(Cc3c(C4CCOC4)nc4cc(F)ccn34)cc2COc2cc(F)ccc21. The zero-order valence-electron chi connectivity index (χ0n) is 19.7. The maximum atomic E-state index is 14.0. The van der Waals surface area contributed by atoms with Gasteiger partial charge in [0.15, 0.2) is 0 Å². The van der Waals surface area contributed by atoms with E-state index in [2.05, 4.69) is 12.1 Å². The summed E-state index contributed by atoms with van der Waals surface area (Å²) in [6.07, 6.45) is 3.19. The monoisotopic (exact) mass is 483 g/mol. The van der Waals surface area contributed by atoms with Crippen LogP contribution in [0.2, 0.25) is 0 Å². The van der Waals surface area contributed by atoms with Crippen LogP contribution in [0, 0.1) is 23.0 Å². The third-order valence-corrected chi connectivity index (χ3v) is 6.98. The molecule has 4 aromatic rings. The normalized spacial score (nSPS) is 18.2. The van der Waals surface area contributed by atoms with E-state index in [1.807, 2.05) is 16.5 Å². The predicted octanol–water partition coefficient (Wildman–Crippen LogP) is 5.94. The van der Waals surface area contributed by atoms with Crippen molar-refractivity contribution in [2.24, 2.45) is 0 Å². The summed E-state index contributed by atoms with van der Waals surface area (Å²) in [4.78, 5) is 4.78. The second kappa shape index (κ2) is 8.89. The van der Waals surface area contributed by atoms with Crippen molar-refractivity contribution in [2.45, 2.75) is 32.3 Å². The van der Waals surface area contributed by atoms with E-state index >= 15 is 0 Å². The molecular formula is C29H23F2N3O2. The molecule has 1 saturated heterocycles. The van der Waals surface area contributed by atoms with Gasteiger partial charge in [0.25, 0.3) is 0 Å². The smallest absolute Gasteiger partial charge is 0.140 e. The fraction of sp³-hybridized carbons (Fsp3) is 0.241. The van der Waals surface area contributed by atoms with E-state index < -0.39 is 0 Å². The zero-order chi connectivity index (χ0) is 24.8. The molecule has 0 bridgehead atoms. The molecular weight excluding hydrogens is 460 g/mol. The molecule has 0 saturated carbocycles. The molecule has 2 aliphatic rings. The Balaban J connectivity index is 1.44. The van der Waals surface area contributed by atoms with Gasteiger partial charge in [-0.3, -0.25) is 0 Å². The molecule has 4 heterocycles. The molecule has 0 N–H and O–H groups in total. The fourth-order valence-corrected chi connectivity index (χ4v) is 5.24. The fourth-order valence-electron chi connectivity index (χ4n) is 5.24. The largest absolute Gasteiger partial charge is 0.488 e. The van der Waals surface area contributed by atoms with Gasteiger partial charge in [-0.15, -0.1) is 0 Å². The van der Waals surface area contributed by atoms with E-state index in [9.17, 15) is 14.0 Å². The van der Waals surface area contributed by atoms with Gasteiger partial charge >= 0.3 is 0 Å². The van der Waals surface area contributed by atoms with Gasteiger partial charge in [0.05, 0.1) is 24.1 Å². The predicted molar refractivity (Wildman–Crippen MR) is 131 cm³/mol. The Morgan fingerprint density at radius 3 is 2.75 bits per heavy atom. The number of rotatable bonds is 3. The lowest BCUT2D eigenvalue weighted by Gasteiger charge is -2.14. The van der Waals surface area contributed by atoms with Crippen LogP contribution in [0.3, 0.4) is 0 Å². The quantitative estimate of drug-likeness (QED) is 0.338. The van der Waals surface area contributed by atoms with Gasteiger partial charge in [-0.2, -0.15) is 5.26 Å². The van der Waals surface area contributed by atoms with Gasteiger partial charge in [-0.05, 0) is 48.2 Å². The van der Waals surface area contributed by atoms with Crippen molar-refractivity contribution in [1.29, 1.82) is 5.26 Å². The summed E-state index contributed by atoms with van der Waals surface area (Å²) in [7, 11) is 0. The number of imidazole rings is 1. The Kier molecular flexibility index (Phi) is 5.54. The van der Waals surface area contributed by atoms with Crippen molar-refractivity contribution >= 4 is 11.2 Å². The Labute approximate surface area is 207 Å². The molecule has 0 aliphatic carbocycles. The molecule has 1 unspecified atom stereocenters. The van der Waals surface area contributed by atoms with E-state index in [1.54, 1.807) is 19.2 Å². The highest BCUT2D eigenvalue weighted by Crippen LogP contribution is 2.39. The van der Waals surface area contributed by atoms with Gasteiger partial charge in [-0.25, -0.2) is 13.8 Å². The number of allylic oxidation sites excluding steroid dienone is 1. The van der Waals surface area contributed by atoms with Crippen LogP contribution in [0.25, 0.3) is 11.2 Å². The average Bonchev–Trinajstić information content (AvgIpc) is 3.49. The van der Waals surface area contributed by atoms with E-state index in [0.29, 0.717) is 42.2 Å². The molecule has 1 atom stereocenters. The molecule has 1 fully saturated rings. The first-order valence-corrected chi connectivity index (χ1v) is 11.9. The Morgan fingerprint density at radius 1 is 1.11 bits per heavy atom. The van der Waals surface area contributed by atoms with Gasteiger partial charge in [0.1, 0.15) is 29.6 Å². The average molecular weight is 484 g/mol. The highest BCUT2D eigenvalue weighted by molar-refractivity contribution is 5.88. The summed E-state index contributed by atoms with van der Waals surface area (Å²) < 4.78 is 41.5. The van der Waals surface area contributed by atoms with Crippen LogP contribution in [0.4, 0.5) is 8.78 Å². The lowest BCUT2D eigenvalue weighted by atomic mass is 9.89. The van der Waals surface area contributed by atoms with Crippen LogP contribution in [-0.2, 0) is 17.8 Å². The number of aromatic nitrogens is 2. The van der Waals surface area contributed by atoms with Crippen LogP contribution >= 0.6 is 0 Å². The molecule has 2 aromatic heterocycles. The van der Waals surface area contributed by atoms with Crippen molar-refractivity contribution in [3.05, 3.63) is 106 Å². The molecule has 0 radical (unpaired) electrons. The maximum absolute atomic E-state index is 14.0. The van der Waals surface area contributed by atoms with Crippen LogP contribution in [0.1, 0.15) is 52.9 Å². The summed E-state index contributed by atoms with van der Waals surface area (Å²) in [5, 5.41) is 9.70. The minimum Gasteiger partial charge on any atom is -0.488 e. The van der Waals surface area contributed by atoms with Crippen molar-refractivity contribution in [1.82, 2.24) is 9.38 Å². The second-order valence-corrected chi connectivity index (χ2v) is 9.29. The minimum atomic E-state index is -0.387. The first-order valence-electron chi connectivity index (χ1n) is 11.9. The standard InChI is InChI=1S/C29H23F2N3O2/c1-17(14-32)28-23-4-2-18(10-20(23)16-36-26-12-21(30)3-5-24(26)28)11-25-29(19-7-9-35-15-19)33-27-13-22(31)6-8-34(25)27/h2-6,8,10,12-13,19H,7,9,11,15-16H2,1H3/b28-17+. The van der Waals surface area contributed by atoms with E-state index in [0.717, 1.165) is 40.1 Å². The van der Waals surface area contributed by atoms with E-state index in [4.69, 9.17) is 14.5 Å². The van der Waals surface area contributed by atoms with E-state index in [1.165, 1.54) is 24.3 Å². The number of halogens is 2. The van der Waals surface area contributed by atoms with Crippen LogP contribution in [0.5, 0.6) is 5.75 Å². The van der Waals surface area contributed by atoms with Crippen molar-refractivity contribution in [3.63, 3.8) is 0 Å². The molecule has 36 heavy (non-hydrogen) atoms. The lowest BCUT2D eigenvalue weighted by Crippen LogP contribution is -2.05. The molecule has 180 valence electrons. The number of pyridine rings is 1. The molecule has 2 aromatic carbocycles. The highest BCUT2D eigenvalue weighted by Gasteiger charge is 2.26. The first kappa shape index (κ1) is 22.4. The molecule has 0 amide bonds. The zero-order valence-corrected chi connectivity index (χ0v) is 19.7. The summed E-state index contributed by atoms with van der Waals surface area (Å²) >= 11 is 0. The summed E-state index contributed by atoms with van der Waals surface area (Å²) in [6.45, 7) is 3.31. The molecule has 0 spiro atoms. The molecule has 7 heteroatoms. The van der Waals surface area contributed by atoms with Gasteiger partial charge in [-0.1, -0.05) is 18.2 Å². The Bertz CT molecular complexity index is 1580. The second-order valence-electron chi connectivity index (χ2n) is 9.29. The van der Waals surface area contributed by atoms with Crippen molar-refractivity contribution < 1.29 is 18.3 Å². The molecule has 5 nitrogen and oxygen atoms in total. The number of benzene rings is 2. The van der Waals surface area contributed by atoms with Crippen LogP contribution in [0.15, 0.2) is 60.3 Å². The maximum Gasteiger partial charge on any atom is 0.140 e. The first-order chi connectivity index (χ1) is 17.5. The summed E-state index contributed by atoms with van der Waals surface area (Å²) in [5.41, 5.74) is 7.36. The third-order valence-electron chi connectivity index (χ3n) is 6.98. The number of nitriles is 1. The number of fused-ring (bicyclic) bond motifs is 3. The summed E-state index contributed by atoms with van der Waals surface area (Å²) in [6, 6.07) is 15.7. The van der Waals surface area contributed by atoms with Gasteiger partial charge in [0.2, 0.25) is 0 Å². The molecule has 2 aliphatic heterocycles. The van der Waals surface area contributed by atoms with Crippen LogP contribution < -0.4 is 4.74 Å².